The Morgan fingerprint density at radius 2 is 2.00 bits per heavy atom. The molecule has 0 saturated carbocycles. The quantitative estimate of drug-likeness (QED) is 0.872. The highest BCUT2D eigenvalue weighted by molar-refractivity contribution is 7.89. The number of aliphatic hydroxyl groups excluding tert-OH is 1. The fourth-order valence-corrected chi connectivity index (χ4v) is 3.67. The van der Waals surface area contributed by atoms with Crippen LogP contribution in [-0.4, -0.2) is 57.4 Å². The van der Waals surface area contributed by atoms with Crippen LogP contribution < -0.4 is 9.47 Å². The summed E-state index contributed by atoms with van der Waals surface area (Å²) in [6, 6.07) is 4.34. The zero-order valence-corrected chi connectivity index (χ0v) is 11.9. The Bertz CT molecular complexity index is 582. The monoisotopic (exact) mass is 305 g/mol. The van der Waals surface area contributed by atoms with Gasteiger partial charge in [0.15, 0.2) is 0 Å². The van der Waals surface area contributed by atoms with Crippen molar-refractivity contribution in [2.24, 2.45) is 0 Å². The summed E-state index contributed by atoms with van der Waals surface area (Å²) >= 11 is 0. The van der Waals surface area contributed by atoms with Gasteiger partial charge in [0.2, 0.25) is 10.0 Å². The third-order valence-electron chi connectivity index (χ3n) is 3.17. The second-order valence-electron chi connectivity index (χ2n) is 4.42. The van der Waals surface area contributed by atoms with Gasteiger partial charge in [0.1, 0.15) is 28.7 Å². The van der Waals surface area contributed by atoms with Gasteiger partial charge in [-0.1, -0.05) is 0 Å². The molecule has 0 amide bonds. The van der Waals surface area contributed by atoms with E-state index in [2.05, 4.69) is 0 Å². The predicted octanol–water partition coefficient (Wildman–Crippen LogP) is 0.407. The topological polar surface area (TPSA) is 76.1 Å². The van der Waals surface area contributed by atoms with Crippen molar-refractivity contribution in [1.82, 2.24) is 4.31 Å². The standard InChI is InChI=1S/C12H16FNO5S/c1-18-8-3-4-11(19-2)12(5-8)20(16,17)14-6-9(13)10(15)7-14/h3-5,9-10,15H,6-7H2,1-2H3/t9-,10-/m1/s1. The van der Waals surface area contributed by atoms with Crippen LogP contribution in [0.2, 0.25) is 0 Å². The minimum atomic E-state index is -3.95. The maximum Gasteiger partial charge on any atom is 0.247 e. The highest BCUT2D eigenvalue weighted by atomic mass is 32.2. The highest BCUT2D eigenvalue weighted by Crippen LogP contribution is 2.32. The molecule has 0 radical (unpaired) electrons. The van der Waals surface area contributed by atoms with Crippen LogP contribution in [0.3, 0.4) is 0 Å². The molecule has 0 bridgehead atoms. The number of aliphatic hydroxyl groups is 1. The highest BCUT2D eigenvalue weighted by Gasteiger charge is 2.39. The molecule has 0 spiro atoms. The van der Waals surface area contributed by atoms with Crippen LogP contribution in [0.25, 0.3) is 0 Å². The van der Waals surface area contributed by atoms with E-state index in [1.165, 1.54) is 26.4 Å². The first-order valence-electron chi connectivity index (χ1n) is 5.94. The number of alkyl halides is 1. The zero-order valence-electron chi connectivity index (χ0n) is 11.1. The molecule has 1 aliphatic heterocycles. The Balaban J connectivity index is 2.43. The number of methoxy groups -OCH3 is 2. The van der Waals surface area contributed by atoms with Gasteiger partial charge in [-0.3, -0.25) is 0 Å². The third-order valence-corrected chi connectivity index (χ3v) is 5.03. The van der Waals surface area contributed by atoms with Crippen LogP contribution >= 0.6 is 0 Å². The van der Waals surface area contributed by atoms with Crippen molar-refractivity contribution in [3.05, 3.63) is 18.2 Å². The van der Waals surface area contributed by atoms with Crippen molar-refractivity contribution >= 4 is 10.0 Å². The third kappa shape index (κ3) is 2.58. The lowest BCUT2D eigenvalue weighted by molar-refractivity contribution is 0.117. The maximum absolute atomic E-state index is 13.3. The summed E-state index contributed by atoms with van der Waals surface area (Å²) in [6.07, 6.45) is -2.89. The lowest BCUT2D eigenvalue weighted by atomic mass is 10.3. The summed E-state index contributed by atoms with van der Waals surface area (Å²) in [4.78, 5) is -0.111. The summed E-state index contributed by atoms with van der Waals surface area (Å²) in [5.74, 6) is 0.489. The molecule has 0 unspecified atom stereocenters. The molecule has 20 heavy (non-hydrogen) atoms. The maximum atomic E-state index is 13.3. The van der Waals surface area contributed by atoms with E-state index in [-0.39, 0.29) is 23.7 Å². The van der Waals surface area contributed by atoms with E-state index < -0.39 is 22.3 Å². The number of β-amino-alcohol motifs (C(OH)–C–C–N with tert-alkyl or cyclic N) is 1. The smallest absolute Gasteiger partial charge is 0.247 e. The van der Waals surface area contributed by atoms with Crippen LogP contribution in [0.1, 0.15) is 0 Å². The van der Waals surface area contributed by atoms with Gasteiger partial charge in [0.25, 0.3) is 0 Å². The molecule has 2 atom stereocenters. The molecule has 1 heterocycles. The fourth-order valence-electron chi connectivity index (χ4n) is 2.03. The minimum absolute atomic E-state index is 0.111. The van der Waals surface area contributed by atoms with Crippen LogP contribution in [0.15, 0.2) is 23.1 Å². The Kier molecular flexibility index (Phi) is 4.17. The molecule has 0 aromatic heterocycles. The molecule has 1 aromatic rings. The molecule has 1 aromatic carbocycles. The van der Waals surface area contributed by atoms with E-state index in [0.717, 1.165) is 4.31 Å². The molecule has 1 saturated heterocycles. The zero-order chi connectivity index (χ0) is 14.9. The summed E-state index contributed by atoms with van der Waals surface area (Å²) in [7, 11) is -1.19. The summed E-state index contributed by atoms with van der Waals surface area (Å²) < 4.78 is 49.2. The molecule has 0 aliphatic carbocycles. The molecule has 1 N–H and O–H groups in total. The first-order valence-corrected chi connectivity index (χ1v) is 7.38. The van der Waals surface area contributed by atoms with E-state index in [0.29, 0.717) is 5.75 Å². The lowest BCUT2D eigenvalue weighted by Gasteiger charge is -2.18. The fraction of sp³-hybridized carbons (Fsp3) is 0.500. The molecular weight excluding hydrogens is 289 g/mol. The SMILES string of the molecule is COc1ccc(OC)c(S(=O)(=O)N2C[C@@H](O)[C@H](F)C2)c1. The second kappa shape index (κ2) is 5.55. The van der Waals surface area contributed by atoms with E-state index in [1.807, 2.05) is 0 Å². The van der Waals surface area contributed by atoms with E-state index in [4.69, 9.17) is 9.47 Å². The molecule has 8 heteroatoms. The number of nitrogens with zero attached hydrogens (tertiary/aromatic N) is 1. The van der Waals surface area contributed by atoms with Gasteiger partial charge in [-0.15, -0.1) is 0 Å². The number of hydrogen-bond acceptors (Lipinski definition) is 5. The van der Waals surface area contributed by atoms with Crippen LogP contribution in [0, 0.1) is 0 Å². The molecule has 2 rings (SSSR count). The average molecular weight is 305 g/mol. The summed E-state index contributed by atoms with van der Waals surface area (Å²) in [6.45, 7) is -0.645. The summed E-state index contributed by atoms with van der Waals surface area (Å²) in [5, 5.41) is 9.37. The lowest BCUT2D eigenvalue weighted by Crippen LogP contribution is -2.30. The van der Waals surface area contributed by atoms with Gasteiger partial charge in [-0.05, 0) is 12.1 Å². The van der Waals surface area contributed by atoms with Crippen molar-refractivity contribution < 1.29 is 27.4 Å². The van der Waals surface area contributed by atoms with Crippen LogP contribution in [-0.2, 0) is 10.0 Å². The molecule has 1 fully saturated rings. The number of rotatable bonds is 4. The first kappa shape index (κ1) is 15.0. The first-order chi connectivity index (χ1) is 9.40. The minimum Gasteiger partial charge on any atom is -0.497 e. The van der Waals surface area contributed by atoms with Crippen LogP contribution in [0.4, 0.5) is 4.39 Å². The molecule has 6 nitrogen and oxygen atoms in total. The predicted molar refractivity (Wildman–Crippen MR) is 69.2 cm³/mol. The van der Waals surface area contributed by atoms with Gasteiger partial charge in [0.05, 0.1) is 14.2 Å². The van der Waals surface area contributed by atoms with E-state index in [1.54, 1.807) is 6.07 Å². The second-order valence-corrected chi connectivity index (χ2v) is 6.33. The largest absolute Gasteiger partial charge is 0.497 e. The van der Waals surface area contributed by atoms with Crippen molar-refractivity contribution in [3.63, 3.8) is 0 Å². The van der Waals surface area contributed by atoms with Crippen molar-refractivity contribution in [1.29, 1.82) is 0 Å². The van der Waals surface area contributed by atoms with Gasteiger partial charge in [0, 0.05) is 19.2 Å². The summed E-state index contributed by atoms with van der Waals surface area (Å²) in [5.41, 5.74) is 0. The Morgan fingerprint density at radius 1 is 1.30 bits per heavy atom. The molecule has 112 valence electrons. The van der Waals surface area contributed by atoms with Gasteiger partial charge in [-0.25, -0.2) is 12.8 Å². The Hall–Kier alpha value is -1.38. The number of sulfonamides is 1. The van der Waals surface area contributed by atoms with Crippen LogP contribution in [0.5, 0.6) is 11.5 Å². The number of benzene rings is 1. The average Bonchev–Trinajstić information content (AvgIpc) is 2.78. The van der Waals surface area contributed by atoms with E-state index >= 15 is 0 Å². The Labute approximate surface area is 116 Å². The number of hydrogen-bond donors (Lipinski definition) is 1. The van der Waals surface area contributed by atoms with Crippen molar-refractivity contribution in [3.8, 4) is 11.5 Å². The van der Waals surface area contributed by atoms with E-state index in [9.17, 15) is 17.9 Å². The van der Waals surface area contributed by atoms with Gasteiger partial charge >= 0.3 is 0 Å². The van der Waals surface area contributed by atoms with Gasteiger partial charge in [-0.2, -0.15) is 4.31 Å². The number of ether oxygens (including phenoxy) is 2. The van der Waals surface area contributed by atoms with Gasteiger partial charge < -0.3 is 14.6 Å². The van der Waals surface area contributed by atoms with Crippen molar-refractivity contribution in [2.75, 3.05) is 27.3 Å². The normalized spacial score (nSPS) is 23.8. The number of halogens is 1. The molecular formula is C12H16FNO5S. The molecule has 1 aliphatic rings. The van der Waals surface area contributed by atoms with Crippen molar-refractivity contribution in [2.45, 2.75) is 17.2 Å². The Morgan fingerprint density at radius 3 is 2.50 bits per heavy atom.